The average Bonchev–Trinajstić information content (AvgIpc) is 1.98. The molecule has 9 bridgehead atoms. The number of amides is 6. The summed E-state index contributed by atoms with van der Waals surface area (Å²) in [6, 6.07) is 13.3. The second-order valence-electron chi connectivity index (χ2n) is 20.6. The van der Waals surface area contributed by atoms with Crippen LogP contribution in [-0.2, 0) is 46.4 Å². The van der Waals surface area contributed by atoms with Crippen molar-refractivity contribution in [3.63, 3.8) is 0 Å². The van der Waals surface area contributed by atoms with Crippen LogP contribution in [0.2, 0.25) is 30.1 Å². The molecule has 0 fully saturated rings. The number of carbonyl (C=O) groups is 8. The number of hydrogen-bond donors (Lipinski definition) is 12. The molecule has 4 aliphatic heterocycles. The molecule has 0 radical (unpaired) electrons. The van der Waals surface area contributed by atoms with Gasteiger partial charge in [0.1, 0.15) is 41.7 Å². The number of nitrogens with one attached hydrogen (secondary N) is 6. The number of rotatable bonds is 9. The van der Waals surface area contributed by atoms with Crippen LogP contribution in [0.5, 0.6) is 40.2 Å². The summed E-state index contributed by atoms with van der Waals surface area (Å²) in [6.07, 6.45) is 0.782. The van der Waals surface area contributed by atoms with E-state index in [1.165, 1.54) is 73.9 Å². The molecule has 6 amide bonds. The van der Waals surface area contributed by atoms with E-state index in [0.29, 0.717) is 22.0 Å². The molecule has 6 atom stereocenters. The van der Waals surface area contributed by atoms with E-state index in [4.69, 9.17) is 74.3 Å². The minimum absolute atomic E-state index is 0.00208. The Morgan fingerprint density at radius 3 is 1.71 bits per heavy atom. The number of carbonyl (C=O) groups excluding carboxylic acids is 7. The molecular formula is C61H45Cl6N7O15. The second-order valence-corrected chi connectivity index (χ2v) is 23.1. The zero-order chi connectivity index (χ0) is 64.0. The number of aromatic amines is 1. The quantitative estimate of drug-likeness (QED) is 0.0473. The Kier molecular flexibility index (Phi) is 17.8. The van der Waals surface area contributed by atoms with Gasteiger partial charge in [0, 0.05) is 48.1 Å². The fourth-order valence-corrected chi connectivity index (χ4v) is 11.7. The molecule has 28 heteroatoms. The molecule has 12 N–H and O–H groups in total. The van der Waals surface area contributed by atoms with Gasteiger partial charge < -0.3 is 71.8 Å². The standard InChI is InChI=1S/C61H45Cl6N7O15/c1-74-44(56(82)73-49(61(87)88)25-4-7-32(75)8-5-25)12-24-2-9-33(10-3-24)89-45-22-27-13-35(51(45)77)26-6-11-34-31(23-68-42(34)20-26)21-43(69-59(85)50(76)30-18-40(66)54(80)41(67)19-30)55(81)70-47(28-14-36(62)52(78)37(63)15-28)57(83)71-46(27)58(84)72-48(60(74)86)29-16-38(64)53(79)39(65)17-29/h2-11,13-20,22-23,43-44,46-49,68,75,77-80H,12,21H2,1H3,(H,69,85)(H,70,81)(H,71,83)(H,72,84)(H,73,82)(H,87,88)/t43-,44-,46+,47-,48+,49-/m0/s1. The van der Waals surface area contributed by atoms with Crippen LogP contribution in [0.15, 0.2) is 121 Å². The number of aromatic hydroxyl groups is 5. The van der Waals surface area contributed by atoms with Gasteiger partial charge in [-0.25, -0.2) is 4.79 Å². The van der Waals surface area contributed by atoms with Crippen molar-refractivity contribution < 1.29 is 73.7 Å². The number of nitrogens with zero attached hydrogens (tertiary/aromatic N) is 1. The third-order valence-electron chi connectivity index (χ3n) is 14.9. The Bertz CT molecular complexity index is 4210. The Hall–Kier alpha value is -9.42. The molecule has 0 saturated carbocycles. The molecule has 0 saturated heterocycles. The summed E-state index contributed by atoms with van der Waals surface area (Å²) in [5, 5.41) is 75.0. The SMILES string of the molecule is CN1C(=O)[C@@H](c2cc(Cl)c(O)c(Cl)c2)NC(=O)[C@@H]2NC(=O)[C@H](c3cc(Cl)c(O)c(Cl)c3)NC(=O)[C@@H](NC(=O)C(=O)c3cc(Cl)c(O)c(Cl)c3)Cc3c[nH]c4cc(ccc34)-c3cc2cc(c3O)Oc2ccc(cc2)C[C@H]1C(=O)N[C@H](C(=O)O)c1ccc(O)cc1. The average molecular weight is 1330 g/mol. The van der Waals surface area contributed by atoms with Crippen LogP contribution in [0.3, 0.4) is 0 Å². The fraction of sp³-hybridized carbons (Fsp3) is 0.148. The van der Waals surface area contributed by atoms with E-state index in [2.05, 4.69) is 31.6 Å². The maximum atomic E-state index is 15.8. The molecule has 22 nitrogen and oxygen atoms in total. The van der Waals surface area contributed by atoms with Gasteiger partial charge in [-0.15, -0.1) is 0 Å². The number of phenols is 5. The molecule has 1 aromatic heterocycles. The van der Waals surface area contributed by atoms with Crippen LogP contribution in [0.25, 0.3) is 22.0 Å². The molecule has 12 rings (SSSR count). The third-order valence-corrected chi connectivity index (χ3v) is 16.6. The maximum Gasteiger partial charge on any atom is 0.330 e. The summed E-state index contributed by atoms with van der Waals surface area (Å²) in [7, 11) is 1.19. The van der Waals surface area contributed by atoms with E-state index in [-0.39, 0.29) is 72.7 Å². The van der Waals surface area contributed by atoms with Crippen molar-refractivity contribution in [2.24, 2.45) is 0 Å². The van der Waals surface area contributed by atoms with Crippen LogP contribution in [0.4, 0.5) is 0 Å². The Balaban J connectivity index is 1.15. The number of carboxylic acid groups (broad SMARTS) is 1. The largest absolute Gasteiger partial charge is 0.508 e. The molecule has 89 heavy (non-hydrogen) atoms. The van der Waals surface area contributed by atoms with Crippen LogP contribution >= 0.6 is 69.6 Å². The highest BCUT2D eigenvalue weighted by Gasteiger charge is 2.40. The number of aliphatic carboxylic acids is 1. The lowest BCUT2D eigenvalue weighted by atomic mass is 9.94. The highest BCUT2D eigenvalue weighted by Crippen LogP contribution is 2.44. The minimum Gasteiger partial charge on any atom is -0.508 e. The van der Waals surface area contributed by atoms with E-state index in [9.17, 15) is 49.8 Å². The number of ketones is 1. The van der Waals surface area contributed by atoms with Crippen molar-refractivity contribution in [3.8, 4) is 51.4 Å². The summed E-state index contributed by atoms with van der Waals surface area (Å²) in [5.74, 6) is -12.7. The van der Waals surface area contributed by atoms with Crippen molar-refractivity contribution in [2.75, 3.05) is 7.05 Å². The summed E-state index contributed by atoms with van der Waals surface area (Å²) in [5.41, 5.74) is 0.449. The molecule has 5 heterocycles. The topological polar surface area (TPSA) is 346 Å². The van der Waals surface area contributed by atoms with E-state index in [1.54, 1.807) is 18.2 Å². The van der Waals surface area contributed by atoms with E-state index in [1.807, 2.05) is 0 Å². The van der Waals surface area contributed by atoms with Crippen LogP contribution in [0.1, 0.15) is 67.9 Å². The van der Waals surface area contributed by atoms with Gasteiger partial charge in [0.15, 0.2) is 34.8 Å². The van der Waals surface area contributed by atoms with Crippen LogP contribution in [-0.4, -0.2) is 107 Å². The number of Topliss-reactive ketones (excluding diaryl/α,β-unsaturated/α-hetero) is 1. The normalized spacial score (nSPS) is 18.2. The summed E-state index contributed by atoms with van der Waals surface area (Å²) >= 11 is 38.0. The lowest BCUT2D eigenvalue weighted by Gasteiger charge is -2.33. The first kappa shape index (κ1) is 62.6. The van der Waals surface area contributed by atoms with Gasteiger partial charge in [0.05, 0.1) is 30.1 Å². The lowest BCUT2D eigenvalue weighted by Crippen LogP contribution is -2.55. The van der Waals surface area contributed by atoms with Gasteiger partial charge in [0.25, 0.3) is 5.91 Å². The first-order valence-electron chi connectivity index (χ1n) is 26.4. The molecule has 0 spiro atoms. The monoisotopic (exact) mass is 1330 g/mol. The van der Waals surface area contributed by atoms with Crippen molar-refractivity contribution in [2.45, 2.75) is 49.1 Å². The zero-order valence-electron chi connectivity index (χ0n) is 45.5. The molecule has 4 aliphatic rings. The Morgan fingerprint density at radius 2 is 1.13 bits per heavy atom. The van der Waals surface area contributed by atoms with Crippen LogP contribution < -0.4 is 31.3 Å². The predicted molar refractivity (Wildman–Crippen MR) is 326 cm³/mol. The van der Waals surface area contributed by atoms with Crippen molar-refractivity contribution in [1.82, 2.24) is 36.5 Å². The number of carboxylic acids is 1. The highest BCUT2D eigenvalue weighted by molar-refractivity contribution is 6.45. The third kappa shape index (κ3) is 13.0. The lowest BCUT2D eigenvalue weighted by molar-refractivity contribution is -0.145. The zero-order valence-corrected chi connectivity index (χ0v) is 50.0. The molecule has 0 aliphatic carbocycles. The number of aromatic nitrogens is 1. The number of hydrogen-bond acceptors (Lipinski definition) is 14. The number of phenolic OH excluding ortho intramolecular Hbond substituents is 5. The maximum absolute atomic E-state index is 15.8. The van der Waals surface area contributed by atoms with Crippen molar-refractivity contribution >= 4 is 128 Å². The van der Waals surface area contributed by atoms with Gasteiger partial charge in [-0.2, -0.15) is 0 Å². The number of H-pyrrole nitrogens is 1. The fourth-order valence-electron chi connectivity index (χ4n) is 10.2. The van der Waals surface area contributed by atoms with Gasteiger partial charge in [-0.1, -0.05) is 106 Å². The first-order chi connectivity index (χ1) is 42.2. The Morgan fingerprint density at radius 1 is 0.607 bits per heavy atom. The summed E-state index contributed by atoms with van der Waals surface area (Å²) in [6.45, 7) is 0. The first-order valence-corrected chi connectivity index (χ1v) is 28.6. The van der Waals surface area contributed by atoms with Gasteiger partial charge in [-0.3, -0.25) is 33.6 Å². The van der Waals surface area contributed by atoms with Gasteiger partial charge in [-0.05, 0) is 118 Å². The van der Waals surface area contributed by atoms with Crippen molar-refractivity contribution in [1.29, 1.82) is 0 Å². The minimum atomic E-state index is -2.07. The number of fused-ring (bicyclic) bond motifs is 15. The van der Waals surface area contributed by atoms with Crippen molar-refractivity contribution in [3.05, 3.63) is 191 Å². The number of halogens is 6. The second kappa shape index (κ2) is 25.4. The summed E-state index contributed by atoms with van der Waals surface area (Å²) in [4.78, 5) is 121. The number of likely N-dealkylation sites (N-methyl/N-ethyl adjacent to an activating group) is 1. The number of benzene rings is 7. The van der Waals surface area contributed by atoms with E-state index >= 15 is 19.2 Å². The highest BCUT2D eigenvalue weighted by atomic mass is 35.5. The number of ether oxygens (including phenoxy) is 1. The van der Waals surface area contributed by atoms with Crippen LogP contribution in [0, 0.1) is 0 Å². The summed E-state index contributed by atoms with van der Waals surface area (Å²) < 4.78 is 6.37. The molecular weight excluding hydrogens is 1280 g/mol. The molecule has 8 aromatic rings. The van der Waals surface area contributed by atoms with E-state index in [0.717, 1.165) is 41.3 Å². The smallest absolute Gasteiger partial charge is 0.330 e. The molecule has 456 valence electrons. The Labute approximate surface area is 532 Å². The van der Waals surface area contributed by atoms with E-state index < -0.39 is 133 Å². The van der Waals surface area contributed by atoms with Gasteiger partial charge in [0.2, 0.25) is 35.3 Å². The molecule has 0 unspecified atom stereocenters. The van der Waals surface area contributed by atoms with Gasteiger partial charge >= 0.3 is 5.97 Å². The predicted octanol–water partition coefficient (Wildman–Crippen LogP) is 9.20. The molecule has 7 aromatic carbocycles.